The Labute approximate surface area is 90.6 Å². The Bertz CT molecular complexity index is 310. The lowest BCUT2D eigenvalue weighted by Crippen LogP contribution is -2.32. The number of hydrogen-bond acceptors (Lipinski definition) is 3. The minimum absolute atomic E-state index is 0.240. The van der Waals surface area contributed by atoms with Gasteiger partial charge in [0.25, 0.3) is 0 Å². The maximum atomic E-state index is 7.24. The van der Waals surface area contributed by atoms with Crippen LogP contribution in [-0.2, 0) is 6.54 Å². The van der Waals surface area contributed by atoms with E-state index in [9.17, 15) is 0 Å². The molecule has 0 aromatic carbocycles. The molecular formula is C11H18N4. The van der Waals surface area contributed by atoms with Crippen molar-refractivity contribution in [3.8, 4) is 0 Å². The molecule has 0 fully saturated rings. The van der Waals surface area contributed by atoms with Gasteiger partial charge >= 0.3 is 0 Å². The van der Waals surface area contributed by atoms with Crippen LogP contribution in [-0.4, -0.2) is 28.8 Å². The summed E-state index contributed by atoms with van der Waals surface area (Å²) < 4.78 is 0. The van der Waals surface area contributed by atoms with Gasteiger partial charge in [0.05, 0.1) is 5.84 Å². The lowest BCUT2D eigenvalue weighted by molar-refractivity contribution is 0.254. The molecule has 1 rings (SSSR count). The van der Waals surface area contributed by atoms with Crippen molar-refractivity contribution in [1.29, 1.82) is 5.41 Å². The van der Waals surface area contributed by atoms with Gasteiger partial charge in [-0.1, -0.05) is 0 Å². The highest BCUT2D eigenvalue weighted by molar-refractivity contribution is 5.77. The molecule has 1 aromatic rings. The van der Waals surface area contributed by atoms with Gasteiger partial charge in [-0.15, -0.1) is 0 Å². The molecule has 0 aliphatic rings. The SMILES string of the molecule is CC(CC(=N)N)N(C)Cc1ccncc1. The number of nitrogens with two attached hydrogens (primary N) is 1. The van der Waals surface area contributed by atoms with E-state index >= 15 is 0 Å². The average Bonchev–Trinajstić information content (AvgIpc) is 2.18. The molecule has 0 aliphatic carbocycles. The zero-order valence-corrected chi connectivity index (χ0v) is 9.27. The van der Waals surface area contributed by atoms with Crippen LogP contribution in [0.4, 0.5) is 0 Å². The normalized spacial score (nSPS) is 12.7. The molecule has 0 spiro atoms. The Morgan fingerprint density at radius 2 is 2.13 bits per heavy atom. The summed E-state index contributed by atoms with van der Waals surface area (Å²) >= 11 is 0. The van der Waals surface area contributed by atoms with E-state index in [4.69, 9.17) is 11.1 Å². The summed E-state index contributed by atoms with van der Waals surface area (Å²) in [5.41, 5.74) is 6.60. The van der Waals surface area contributed by atoms with Gasteiger partial charge in [-0.25, -0.2) is 0 Å². The molecule has 1 heterocycles. The third kappa shape index (κ3) is 4.08. The van der Waals surface area contributed by atoms with Crippen molar-refractivity contribution in [2.75, 3.05) is 7.05 Å². The Hall–Kier alpha value is -1.42. The minimum Gasteiger partial charge on any atom is -0.388 e. The third-order valence-electron chi connectivity index (χ3n) is 2.45. The van der Waals surface area contributed by atoms with Crippen molar-refractivity contribution in [3.05, 3.63) is 30.1 Å². The fourth-order valence-electron chi connectivity index (χ4n) is 1.41. The van der Waals surface area contributed by atoms with E-state index in [0.717, 1.165) is 6.54 Å². The van der Waals surface area contributed by atoms with Gasteiger partial charge < -0.3 is 5.73 Å². The van der Waals surface area contributed by atoms with Crippen LogP contribution < -0.4 is 5.73 Å². The van der Waals surface area contributed by atoms with E-state index in [1.807, 2.05) is 19.2 Å². The Morgan fingerprint density at radius 1 is 1.53 bits per heavy atom. The second-order valence-electron chi connectivity index (χ2n) is 3.85. The summed E-state index contributed by atoms with van der Waals surface area (Å²) in [6.45, 7) is 2.93. The van der Waals surface area contributed by atoms with Gasteiger partial charge in [-0.2, -0.15) is 0 Å². The van der Waals surface area contributed by atoms with Crippen LogP contribution >= 0.6 is 0 Å². The van der Waals surface area contributed by atoms with E-state index < -0.39 is 0 Å². The van der Waals surface area contributed by atoms with Gasteiger partial charge in [-0.05, 0) is 31.7 Å². The van der Waals surface area contributed by atoms with Crippen LogP contribution in [0.1, 0.15) is 18.9 Å². The first-order valence-electron chi connectivity index (χ1n) is 5.01. The maximum absolute atomic E-state index is 7.24. The monoisotopic (exact) mass is 206 g/mol. The van der Waals surface area contributed by atoms with Crippen molar-refractivity contribution in [1.82, 2.24) is 9.88 Å². The molecule has 3 N–H and O–H groups in total. The predicted octanol–water partition coefficient (Wildman–Crippen LogP) is 1.23. The lowest BCUT2D eigenvalue weighted by atomic mass is 10.1. The van der Waals surface area contributed by atoms with Crippen LogP contribution in [0.5, 0.6) is 0 Å². The number of pyridine rings is 1. The number of aromatic nitrogens is 1. The Morgan fingerprint density at radius 3 is 2.67 bits per heavy atom. The predicted molar refractivity (Wildman–Crippen MR) is 61.7 cm³/mol. The summed E-state index contributed by atoms with van der Waals surface area (Å²) in [5.74, 6) is 0.240. The van der Waals surface area contributed by atoms with Crippen molar-refractivity contribution >= 4 is 5.84 Å². The van der Waals surface area contributed by atoms with E-state index in [1.54, 1.807) is 12.4 Å². The number of rotatable bonds is 5. The maximum Gasteiger partial charge on any atom is 0.0920 e. The van der Waals surface area contributed by atoms with Crippen molar-refractivity contribution in [3.63, 3.8) is 0 Å². The molecule has 82 valence electrons. The van der Waals surface area contributed by atoms with Crippen LogP contribution in [0.3, 0.4) is 0 Å². The minimum atomic E-state index is 0.240. The summed E-state index contributed by atoms with van der Waals surface area (Å²) in [5, 5.41) is 7.24. The summed E-state index contributed by atoms with van der Waals surface area (Å²) in [7, 11) is 2.04. The van der Waals surface area contributed by atoms with Gasteiger partial charge in [0.1, 0.15) is 0 Å². The second kappa shape index (κ2) is 5.46. The van der Waals surface area contributed by atoms with Gasteiger partial charge in [0, 0.05) is 31.4 Å². The number of hydrogen-bond donors (Lipinski definition) is 2. The highest BCUT2D eigenvalue weighted by Gasteiger charge is 2.10. The largest absolute Gasteiger partial charge is 0.388 e. The van der Waals surface area contributed by atoms with Crippen LogP contribution in [0, 0.1) is 5.41 Å². The number of amidine groups is 1. The highest BCUT2D eigenvalue weighted by Crippen LogP contribution is 2.07. The molecular weight excluding hydrogens is 188 g/mol. The summed E-state index contributed by atoms with van der Waals surface area (Å²) in [4.78, 5) is 6.15. The first-order chi connectivity index (χ1) is 7.09. The summed E-state index contributed by atoms with van der Waals surface area (Å²) in [6, 6.07) is 4.28. The standard InChI is InChI=1S/C11H18N4/c1-9(7-11(12)13)15(2)8-10-3-5-14-6-4-10/h3-6,9H,7-8H2,1-2H3,(H3,12,13). The van der Waals surface area contributed by atoms with E-state index in [-0.39, 0.29) is 11.9 Å². The van der Waals surface area contributed by atoms with Crippen molar-refractivity contribution in [2.24, 2.45) is 5.73 Å². The molecule has 15 heavy (non-hydrogen) atoms. The van der Waals surface area contributed by atoms with Crippen LogP contribution in [0.2, 0.25) is 0 Å². The van der Waals surface area contributed by atoms with Crippen LogP contribution in [0.25, 0.3) is 0 Å². The van der Waals surface area contributed by atoms with Crippen LogP contribution in [0.15, 0.2) is 24.5 Å². The summed E-state index contributed by atoms with van der Waals surface area (Å²) in [6.07, 6.45) is 4.19. The smallest absolute Gasteiger partial charge is 0.0920 e. The van der Waals surface area contributed by atoms with Gasteiger partial charge in [0.2, 0.25) is 0 Å². The Kier molecular flexibility index (Phi) is 4.24. The zero-order valence-electron chi connectivity index (χ0n) is 9.27. The molecule has 1 unspecified atom stereocenters. The van der Waals surface area contributed by atoms with Gasteiger partial charge in [0.15, 0.2) is 0 Å². The molecule has 0 saturated heterocycles. The van der Waals surface area contributed by atoms with E-state index in [0.29, 0.717) is 6.42 Å². The number of nitrogens with zero attached hydrogens (tertiary/aromatic N) is 2. The molecule has 4 nitrogen and oxygen atoms in total. The first kappa shape index (κ1) is 11.7. The molecule has 4 heteroatoms. The third-order valence-corrected chi connectivity index (χ3v) is 2.45. The molecule has 0 saturated carbocycles. The van der Waals surface area contributed by atoms with Crippen molar-refractivity contribution in [2.45, 2.75) is 25.9 Å². The molecule has 0 amide bonds. The Balaban J connectivity index is 2.48. The molecule has 0 bridgehead atoms. The fourth-order valence-corrected chi connectivity index (χ4v) is 1.41. The number of nitrogens with one attached hydrogen (secondary N) is 1. The highest BCUT2D eigenvalue weighted by atomic mass is 15.1. The average molecular weight is 206 g/mol. The van der Waals surface area contributed by atoms with Crippen molar-refractivity contribution < 1.29 is 0 Å². The quantitative estimate of drug-likeness (QED) is 0.562. The first-order valence-corrected chi connectivity index (χ1v) is 5.01. The second-order valence-corrected chi connectivity index (χ2v) is 3.85. The molecule has 0 radical (unpaired) electrons. The van der Waals surface area contributed by atoms with E-state index in [1.165, 1.54) is 5.56 Å². The van der Waals surface area contributed by atoms with Gasteiger partial charge in [-0.3, -0.25) is 15.3 Å². The molecule has 0 aliphatic heterocycles. The van der Waals surface area contributed by atoms with E-state index in [2.05, 4.69) is 16.8 Å². The zero-order chi connectivity index (χ0) is 11.3. The molecule has 1 atom stereocenters. The topological polar surface area (TPSA) is 66.0 Å². The fraction of sp³-hybridized carbons (Fsp3) is 0.455. The lowest BCUT2D eigenvalue weighted by Gasteiger charge is -2.24. The molecule has 1 aromatic heterocycles.